The molecule has 1 nitrogen and oxygen atoms in total. The van der Waals surface area contributed by atoms with Gasteiger partial charge in [-0.1, -0.05) is 45.9 Å². The van der Waals surface area contributed by atoms with E-state index in [1.54, 1.807) is 0 Å². The lowest BCUT2D eigenvalue weighted by Gasteiger charge is -2.30. The zero-order chi connectivity index (χ0) is 10.3. The van der Waals surface area contributed by atoms with E-state index in [0.717, 1.165) is 0 Å². The molecule has 1 N–H and O–H groups in total. The maximum Gasteiger partial charge on any atom is 0.0381 e. The summed E-state index contributed by atoms with van der Waals surface area (Å²) in [5, 5.41) is 3.62. The monoisotopic (exact) mass is 189 g/mol. The van der Waals surface area contributed by atoms with Crippen LogP contribution >= 0.6 is 0 Å². The van der Waals surface area contributed by atoms with Gasteiger partial charge >= 0.3 is 0 Å². The SMILES string of the molecule is CC(C)[C@H]1Nc2ccccc2C1(C)C. The van der Waals surface area contributed by atoms with Crippen molar-refractivity contribution in [1.82, 2.24) is 0 Å². The van der Waals surface area contributed by atoms with Gasteiger partial charge in [-0.15, -0.1) is 0 Å². The van der Waals surface area contributed by atoms with E-state index in [2.05, 4.69) is 57.3 Å². The first kappa shape index (κ1) is 9.57. The molecular formula is C13H19N. The zero-order valence-electron chi connectivity index (χ0n) is 9.46. The fourth-order valence-corrected chi connectivity index (χ4v) is 2.69. The highest BCUT2D eigenvalue weighted by Gasteiger charge is 2.40. The predicted octanol–water partition coefficient (Wildman–Crippen LogP) is 3.41. The molecule has 0 saturated carbocycles. The molecule has 0 fully saturated rings. The van der Waals surface area contributed by atoms with E-state index in [1.165, 1.54) is 11.3 Å². The van der Waals surface area contributed by atoms with Crippen LogP contribution in [0.15, 0.2) is 24.3 Å². The summed E-state index contributed by atoms with van der Waals surface area (Å²) in [5.41, 5.74) is 3.03. The van der Waals surface area contributed by atoms with E-state index in [1.807, 2.05) is 0 Å². The molecule has 0 aliphatic carbocycles. The van der Waals surface area contributed by atoms with Gasteiger partial charge in [-0.3, -0.25) is 0 Å². The summed E-state index contributed by atoms with van der Waals surface area (Å²) in [4.78, 5) is 0. The first-order valence-corrected chi connectivity index (χ1v) is 5.39. The van der Waals surface area contributed by atoms with Crippen molar-refractivity contribution in [3.63, 3.8) is 0 Å². The highest BCUT2D eigenvalue weighted by atomic mass is 15.0. The van der Waals surface area contributed by atoms with Gasteiger partial charge in [-0.2, -0.15) is 0 Å². The molecule has 2 rings (SSSR count). The van der Waals surface area contributed by atoms with Crippen molar-refractivity contribution < 1.29 is 0 Å². The average Bonchev–Trinajstić information content (AvgIpc) is 2.39. The summed E-state index contributed by atoms with van der Waals surface area (Å²) in [5.74, 6) is 0.664. The quantitative estimate of drug-likeness (QED) is 0.714. The second-order valence-electron chi connectivity index (χ2n) is 5.13. The predicted molar refractivity (Wildman–Crippen MR) is 61.7 cm³/mol. The normalized spacial score (nSPS) is 23.4. The standard InChI is InChI=1S/C13H19N/c1-9(2)12-13(3,4)10-7-5-6-8-11(10)14-12/h5-9,12,14H,1-4H3/t12-/m1/s1. The molecule has 1 aromatic rings. The number of anilines is 1. The van der Waals surface area contributed by atoms with Crippen LogP contribution in [0.3, 0.4) is 0 Å². The summed E-state index contributed by atoms with van der Waals surface area (Å²) in [6.45, 7) is 9.23. The highest BCUT2D eigenvalue weighted by Crippen LogP contribution is 2.42. The molecule has 0 radical (unpaired) electrons. The molecular weight excluding hydrogens is 170 g/mol. The van der Waals surface area contributed by atoms with Gasteiger partial charge in [0.2, 0.25) is 0 Å². The van der Waals surface area contributed by atoms with Gasteiger partial charge in [-0.05, 0) is 17.5 Å². The Morgan fingerprint density at radius 1 is 1.21 bits per heavy atom. The van der Waals surface area contributed by atoms with E-state index in [4.69, 9.17) is 0 Å². The number of fused-ring (bicyclic) bond motifs is 1. The Labute approximate surface area is 86.5 Å². The Balaban J connectivity index is 2.45. The van der Waals surface area contributed by atoms with Gasteiger partial charge in [0, 0.05) is 17.1 Å². The first-order valence-electron chi connectivity index (χ1n) is 5.39. The summed E-state index contributed by atoms with van der Waals surface area (Å²) < 4.78 is 0. The topological polar surface area (TPSA) is 12.0 Å². The van der Waals surface area contributed by atoms with Crippen molar-refractivity contribution in [3.8, 4) is 0 Å². The summed E-state index contributed by atoms with van der Waals surface area (Å²) in [6, 6.07) is 9.21. The summed E-state index contributed by atoms with van der Waals surface area (Å²) >= 11 is 0. The summed E-state index contributed by atoms with van der Waals surface area (Å²) in [7, 11) is 0. The van der Waals surface area contributed by atoms with E-state index < -0.39 is 0 Å². The molecule has 1 aliphatic rings. The van der Waals surface area contributed by atoms with E-state index in [9.17, 15) is 0 Å². The Hall–Kier alpha value is -0.980. The van der Waals surface area contributed by atoms with Gasteiger partial charge in [0.1, 0.15) is 0 Å². The van der Waals surface area contributed by atoms with Crippen molar-refractivity contribution >= 4 is 5.69 Å². The molecule has 0 bridgehead atoms. The van der Waals surface area contributed by atoms with Crippen molar-refractivity contribution in [3.05, 3.63) is 29.8 Å². The summed E-state index contributed by atoms with van der Waals surface area (Å²) in [6.07, 6.45) is 0. The van der Waals surface area contributed by atoms with Gasteiger partial charge in [0.25, 0.3) is 0 Å². The molecule has 14 heavy (non-hydrogen) atoms. The maximum absolute atomic E-state index is 3.62. The molecule has 0 unspecified atom stereocenters. The number of rotatable bonds is 1. The molecule has 1 atom stereocenters. The number of hydrogen-bond acceptors (Lipinski definition) is 1. The fourth-order valence-electron chi connectivity index (χ4n) is 2.69. The molecule has 0 saturated heterocycles. The third kappa shape index (κ3) is 1.23. The lowest BCUT2D eigenvalue weighted by molar-refractivity contribution is 0.373. The third-order valence-electron chi connectivity index (χ3n) is 3.38. The molecule has 1 aromatic carbocycles. The maximum atomic E-state index is 3.62. The van der Waals surface area contributed by atoms with Crippen LogP contribution in [0.4, 0.5) is 5.69 Å². The second-order valence-corrected chi connectivity index (χ2v) is 5.13. The Bertz CT molecular complexity index is 339. The van der Waals surface area contributed by atoms with Crippen molar-refractivity contribution in [1.29, 1.82) is 0 Å². The minimum atomic E-state index is 0.255. The van der Waals surface area contributed by atoms with Crippen LogP contribution in [0, 0.1) is 5.92 Å². The van der Waals surface area contributed by atoms with Gasteiger partial charge in [-0.25, -0.2) is 0 Å². The number of nitrogens with one attached hydrogen (secondary N) is 1. The lowest BCUT2D eigenvalue weighted by atomic mass is 9.76. The molecule has 0 amide bonds. The number of hydrogen-bond donors (Lipinski definition) is 1. The van der Waals surface area contributed by atoms with Gasteiger partial charge < -0.3 is 5.32 Å². The minimum Gasteiger partial charge on any atom is -0.381 e. The van der Waals surface area contributed by atoms with E-state index in [-0.39, 0.29) is 5.41 Å². The Morgan fingerprint density at radius 3 is 2.43 bits per heavy atom. The van der Waals surface area contributed by atoms with Crippen LogP contribution in [0.5, 0.6) is 0 Å². The van der Waals surface area contributed by atoms with E-state index in [0.29, 0.717) is 12.0 Å². The lowest BCUT2D eigenvalue weighted by Crippen LogP contribution is -2.37. The molecule has 0 aromatic heterocycles. The van der Waals surface area contributed by atoms with Crippen molar-refractivity contribution in [2.75, 3.05) is 5.32 Å². The number of para-hydroxylation sites is 1. The largest absolute Gasteiger partial charge is 0.381 e. The van der Waals surface area contributed by atoms with Crippen molar-refractivity contribution in [2.24, 2.45) is 5.92 Å². The third-order valence-corrected chi connectivity index (χ3v) is 3.38. The smallest absolute Gasteiger partial charge is 0.0381 e. The second kappa shape index (κ2) is 3.01. The van der Waals surface area contributed by atoms with Crippen LogP contribution in [-0.4, -0.2) is 6.04 Å². The van der Waals surface area contributed by atoms with Crippen molar-refractivity contribution in [2.45, 2.75) is 39.2 Å². The number of benzene rings is 1. The van der Waals surface area contributed by atoms with Crippen LogP contribution in [0.1, 0.15) is 33.3 Å². The Morgan fingerprint density at radius 2 is 1.86 bits per heavy atom. The first-order chi connectivity index (χ1) is 6.53. The van der Waals surface area contributed by atoms with Crippen LogP contribution in [0.2, 0.25) is 0 Å². The van der Waals surface area contributed by atoms with Gasteiger partial charge in [0.15, 0.2) is 0 Å². The molecule has 76 valence electrons. The highest BCUT2D eigenvalue weighted by molar-refractivity contribution is 5.61. The molecule has 1 heterocycles. The fraction of sp³-hybridized carbons (Fsp3) is 0.538. The van der Waals surface area contributed by atoms with Crippen LogP contribution in [0.25, 0.3) is 0 Å². The molecule has 1 aliphatic heterocycles. The molecule has 0 spiro atoms. The average molecular weight is 189 g/mol. The van der Waals surface area contributed by atoms with Crippen LogP contribution < -0.4 is 5.32 Å². The van der Waals surface area contributed by atoms with Gasteiger partial charge in [0.05, 0.1) is 0 Å². The molecule has 1 heteroatoms. The zero-order valence-corrected chi connectivity index (χ0v) is 9.46. The van der Waals surface area contributed by atoms with Crippen LogP contribution in [-0.2, 0) is 5.41 Å². The van der Waals surface area contributed by atoms with E-state index >= 15 is 0 Å². The Kier molecular flexibility index (Phi) is 2.06. The minimum absolute atomic E-state index is 0.255.